The van der Waals surface area contributed by atoms with Crippen molar-refractivity contribution >= 4 is 0 Å². The van der Waals surface area contributed by atoms with E-state index >= 15 is 0 Å². The maximum Gasteiger partial charge on any atom is 0.111 e. The second-order valence-corrected chi connectivity index (χ2v) is 3.29. The summed E-state index contributed by atoms with van der Waals surface area (Å²) in [6.45, 7) is 8.55. The van der Waals surface area contributed by atoms with Crippen molar-refractivity contribution in [3.05, 3.63) is 25.3 Å². The van der Waals surface area contributed by atoms with Crippen LogP contribution in [-0.2, 0) is 14.2 Å². The standard InChI is InChI=1S/C10H14O3/c1-3-7-9(12-7)5-11-6-10-8(4-2)13-10/h3-4,7-10H,1-2,5-6H2. The Morgan fingerprint density at radius 1 is 1.00 bits per heavy atom. The van der Waals surface area contributed by atoms with Gasteiger partial charge in [0.15, 0.2) is 0 Å². The average molecular weight is 182 g/mol. The molecule has 0 radical (unpaired) electrons. The van der Waals surface area contributed by atoms with Gasteiger partial charge in [0.1, 0.15) is 24.4 Å². The fourth-order valence-electron chi connectivity index (χ4n) is 1.30. The van der Waals surface area contributed by atoms with Crippen LogP contribution >= 0.6 is 0 Å². The summed E-state index contributed by atoms with van der Waals surface area (Å²) in [7, 11) is 0. The number of ether oxygens (including phenoxy) is 3. The zero-order valence-corrected chi connectivity index (χ0v) is 7.52. The van der Waals surface area contributed by atoms with Crippen molar-refractivity contribution in [3.8, 4) is 0 Å². The Morgan fingerprint density at radius 3 is 1.77 bits per heavy atom. The lowest BCUT2D eigenvalue weighted by atomic mass is 10.3. The Morgan fingerprint density at radius 2 is 1.46 bits per heavy atom. The van der Waals surface area contributed by atoms with Crippen molar-refractivity contribution in [2.45, 2.75) is 24.4 Å². The Balaban J connectivity index is 1.51. The van der Waals surface area contributed by atoms with Crippen molar-refractivity contribution in [3.63, 3.8) is 0 Å². The molecule has 3 nitrogen and oxygen atoms in total. The van der Waals surface area contributed by atoms with Gasteiger partial charge in [0, 0.05) is 0 Å². The first-order chi connectivity index (χ1) is 6.35. The minimum absolute atomic E-state index is 0.204. The summed E-state index contributed by atoms with van der Waals surface area (Å²) in [5.41, 5.74) is 0. The summed E-state index contributed by atoms with van der Waals surface area (Å²) < 4.78 is 15.8. The number of rotatable bonds is 6. The second-order valence-electron chi connectivity index (χ2n) is 3.29. The van der Waals surface area contributed by atoms with Crippen LogP contribution in [0.3, 0.4) is 0 Å². The highest BCUT2D eigenvalue weighted by Crippen LogP contribution is 2.25. The van der Waals surface area contributed by atoms with Crippen molar-refractivity contribution in [2.24, 2.45) is 0 Å². The smallest absolute Gasteiger partial charge is 0.111 e. The fraction of sp³-hybridized carbons (Fsp3) is 0.600. The van der Waals surface area contributed by atoms with Gasteiger partial charge in [-0.2, -0.15) is 0 Å². The van der Waals surface area contributed by atoms with E-state index in [1.165, 1.54) is 0 Å². The van der Waals surface area contributed by atoms with Crippen LogP contribution in [0.1, 0.15) is 0 Å². The Hall–Kier alpha value is -0.640. The molecule has 72 valence electrons. The highest BCUT2D eigenvalue weighted by Gasteiger charge is 2.39. The molecule has 0 amide bonds. The van der Waals surface area contributed by atoms with E-state index < -0.39 is 0 Å². The third kappa shape index (κ3) is 2.18. The van der Waals surface area contributed by atoms with E-state index in [4.69, 9.17) is 14.2 Å². The van der Waals surface area contributed by atoms with Crippen molar-refractivity contribution < 1.29 is 14.2 Å². The van der Waals surface area contributed by atoms with E-state index in [0.29, 0.717) is 13.2 Å². The molecule has 0 bridgehead atoms. The normalized spacial score (nSPS) is 41.2. The van der Waals surface area contributed by atoms with E-state index in [9.17, 15) is 0 Å². The Bertz CT molecular complexity index is 192. The third-order valence-electron chi connectivity index (χ3n) is 2.27. The molecule has 2 aliphatic heterocycles. The van der Waals surface area contributed by atoms with E-state index in [0.717, 1.165) is 0 Å². The number of hydrogen-bond acceptors (Lipinski definition) is 3. The number of hydrogen-bond donors (Lipinski definition) is 0. The second kappa shape index (κ2) is 3.62. The van der Waals surface area contributed by atoms with Crippen LogP contribution in [0, 0.1) is 0 Å². The van der Waals surface area contributed by atoms with E-state index in [1.54, 1.807) is 12.2 Å². The summed E-state index contributed by atoms with van der Waals surface area (Å²) in [5.74, 6) is 0. The molecule has 3 heteroatoms. The Kier molecular flexibility index (Phi) is 2.49. The Labute approximate surface area is 78.0 Å². The van der Waals surface area contributed by atoms with Gasteiger partial charge in [-0.25, -0.2) is 0 Å². The topological polar surface area (TPSA) is 34.3 Å². The van der Waals surface area contributed by atoms with E-state index in [2.05, 4.69) is 13.2 Å². The van der Waals surface area contributed by atoms with Crippen molar-refractivity contribution in [1.82, 2.24) is 0 Å². The number of epoxide rings is 2. The van der Waals surface area contributed by atoms with Crippen LogP contribution in [0.4, 0.5) is 0 Å². The van der Waals surface area contributed by atoms with Gasteiger partial charge in [0.2, 0.25) is 0 Å². The molecule has 0 saturated carbocycles. The van der Waals surface area contributed by atoms with Gasteiger partial charge < -0.3 is 14.2 Å². The quantitative estimate of drug-likeness (QED) is 0.452. The lowest BCUT2D eigenvalue weighted by Crippen LogP contribution is -2.09. The molecule has 0 aromatic carbocycles. The lowest BCUT2D eigenvalue weighted by Gasteiger charge is -1.96. The highest BCUT2D eigenvalue weighted by molar-refractivity contribution is 4.99. The van der Waals surface area contributed by atoms with Crippen LogP contribution in [0.25, 0.3) is 0 Å². The van der Waals surface area contributed by atoms with Crippen molar-refractivity contribution in [2.75, 3.05) is 13.2 Å². The molecule has 2 aliphatic rings. The first-order valence-corrected chi connectivity index (χ1v) is 4.49. The van der Waals surface area contributed by atoms with Crippen LogP contribution in [0.5, 0.6) is 0 Å². The molecule has 4 atom stereocenters. The maximum atomic E-state index is 5.40. The molecule has 2 rings (SSSR count). The molecule has 2 fully saturated rings. The monoisotopic (exact) mass is 182 g/mol. The average Bonchev–Trinajstić information content (AvgIpc) is 2.99. The lowest BCUT2D eigenvalue weighted by molar-refractivity contribution is 0.102. The molecule has 0 N–H and O–H groups in total. The van der Waals surface area contributed by atoms with Crippen LogP contribution < -0.4 is 0 Å². The summed E-state index contributed by atoms with van der Waals surface area (Å²) in [6, 6.07) is 0. The molecule has 13 heavy (non-hydrogen) atoms. The van der Waals surface area contributed by atoms with E-state index in [-0.39, 0.29) is 24.4 Å². The molecule has 0 aliphatic carbocycles. The molecule has 0 spiro atoms. The van der Waals surface area contributed by atoms with Gasteiger partial charge in [-0.1, -0.05) is 12.2 Å². The summed E-state index contributed by atoms with van der Waals surface area (Å²) >= 11 is 0. The zero-order chi connectivity index (χ0) is 9.26. The van der Waals surface area contributed by atoms with Gasteiger partial charge in [0.25, 0.3) is 0 Å². The minimum Gasteiger partial charge on any atom is -0.376 e. The van der Waals surface area contributed by atoms with Crippen LogP contribution in [0.15, 0.2) is 25.3 Å². The van der Waals surface area contributed by atoms with Crippen LogP contribution in [-0.4, -0.2) is 37.6 Å². The predicted molar refractivity (Wildman–Crippen MR) is 48.5 cm³/mol. The highest BCUT2D eigenvalue weighted by atomic mass is 16.6. The predicted octanol–water partition coefficient (Wildman–Crippen LogP) is 0.910. The minimum atomic E-state index is 0.204. The first-order valence-electron chi connectivity index (χ1n) is 4.49. The molecule has 4 unspecified atom stereocenters. The molecule has 0 aromatic heterocycles. The molecule has 0 aromatic rings. The SMILES string of the molecule is C=CC1OC1COCC1OC1C=C. The third-order valence-corrected chi connectivity index (χ3v) is 2.27. The van der Waals surface area contributed by atoms with Gasteiger partial charge >= 0.3 is 0 Å². The van der Waals surface area contributed by atoms with E-state index in [1.807, 2.05) is 0 Å². The molecule has 2 heterocycles. The maximum absolute atomic E-state index is 5.40. The first kappa shape index (κ1) is 8.94. The van der Waals surface area contributed by atoms with Gasteiger partial charge in [-0.3, -0.25) is 0 Å². The molecular weight excluding hydrogens is 168 g/mol. The summed E-state index contributed by atoms with van der Waals surface area (Å²) in [5, 5.41) is 0. The molecular formula is C10H14O3. The van der Waals surface area contributed by atoms with Crippen LogP contribution in [0.2, 0.25) is 0 Å². The van der Waals surface area contributed by atoms with Crippen molar-refractivity contribution in [1.29, 1.82) is 0 Å². The van der Waals surface area contributed by atoms with Gasteiger partial charge in [-0.15, -0.1) is 13.2 Å². The summed E-state index contributed by atoms with van der Waals surface area (Å²) in [6.07, 6.45) is 4.45. The van der Waals surface area contributed by atoms with Gasteiger partial charge in [0.05, 0.1) is 13.2 Å². The fourth-order valence-corrected chi connectivity index (χ4v) is 1.30. The largest absolute Gasteiger partial charge is 0.376 e. The molecule has 2 saturated heterocycles. The van der Waals surface area contributed by atoms with Gasteiger partial charge in [-0.05, 0) is 0 Å². The zero-order valence-electron chi connectivity index (χ0n) is 7.52. The summed E-state index contributed by atoms with van der Waals surface area (Å²) in [4.78, 5) is 0.